The van der Waals surface area contributed by atoms with Crippen LogP contribution in [0.2, 0.25) is 0 Å². The van der Waals surface area contributed by atoms with Crippen LogP contribution >= 0.6 is 0 Å². The van der Waals surface area contributed by atoms with Crippen molar-refractivity contribution < 1.29 is 18.7 Å². The van der Waals surface area contributed by atoms with Gasteiger partial charge in [0, 0.05) is 11.8 Å². The molecule has 0 bridgehead atoms. The number of hydrogen-bond acceptors (Lipinski definition) is 3. The standard InChI is InChI=1S/C19H17F2N3O2/c1-10-4-12(14(9-25)15(20)5-10)11-2-3-18-22-17(8-24(18)7-11)23-19(26)13-6-16(13)21/h2-5,7-8,13,16,25H,6,9H2,1H3,(H,23,26). The Hall–Kier alpha value is -2.80. The lowest BCUT2D eigenvalue weighted by Gasteiger charge is -2.10. The number of aliphatic hydroxyl groups excluding tert-OH is 1. The lowest BCUT2D eigenvalue weighted by Crippen LogP contribution is -2.15. The number of aryl methyl sites for hydroxylation is 1. The van der Waals surface area contributed by atoms with Crippen molar-refractivity contribution in [2.24, 2.45) is 5.92 Å². The van der Waals surface area contributed by atoms with E-state index in [0.29, 0.717) is 22.6 Å². The van der Waals surface area contributed by atoms with Crippen LogP contribution in [0, 0.1) is 18.7 Å². The summed E-state index contributed by atoms with van der Waals surface area (Å²) in [5, 5.41) is 12.1. The first-order valence-electron chi connectivity index (χ1n) is 8.30. The molecule has 2 atom stereocenters. The molecule has 2 aromatic heterocycles. The van der Waals surface area contributed by atoms with Gasteiger partial charge >= 0.3 is 0 Å². The molecule has 0 saturated heterocycles. The average molecular weight is 357 g/mol. The number of carbonyl (C=O) groups excluding carboxylic acids is 1. The highest BCUT2D eigenvalue weighted by molar-refractivity contribution is 5.94. The van der Waals surface area contributed by atoms with Crippen LogP contribution in [0.15, 0.2) is 36.7 Å². The zero-order chi connectivity index (χ0) is 18.4. The van der Waals surface area contributed by atoms with Crippen molar-refractivity contribution >= 4 is 17.4 Å². The number of aromatic nitrogens is 2. The predicted molar refractivity (Wildman–Crippen MR) is 92.9 cm³/mol. The van der Waals surface area contributed by atoms with Gasteiger partial charge in [-0.1, -0.05) is 6.07 Å². The molecule has 1 amide bonds. The maximum absolute atomic E-state index is 14.1. The first-order chi connectivity index (χ1) is 12.5. The third kappa shape index (κ3) is 2.94. The lowest BCUT2D eigenvalue weighted by molar-refractivity contribution is -0.117. The number of aliphatic hydroxyl groups is 1. The van der Waals surface area contributed by atoms with Crippen molar-refractivity contribution in [1.82, 2.24) is 9.38 Å². The zero-order valence-electron chi connectivity index (χ0n) is 14.0. The number of nitrogens with one attached hydrogen (secondary N) is 1. The van der Waals surface area contributed by atoms with Crippen molar-refractivity contribution in [2.45, 2.75) is 26.1 Å². The molecular formula is C19H17F2N3O2. The smallest absolute Gasteiger partial charge is 0.231 e. The summed E-state index contributed by atoms with van der Waals surface area (Å²) in [5.74, 6) is -1.07. The Morgan fingerprint density at radius 3 is 2.85 bits per heavy atom. The van der Waals surface area contributed by atoms with Crippen LogP contribution in [0.25, 0.3) is 16.8 Å². The number of carbonyl (C=O) groups is 1. The topological polar surface area (TPSA) is 66.6 Å². The molecule has 4 rings (SSSR count). The summed E-state index contributed by atoms with van der Waals surface area (Å²) in [6, 6.07) is 6.71. The van der Waals surface area contributed by atoms with Gasteiger partial charge in [-0.25, -0.2) is 13.8 Å². The second-order valence-corrected chi connectivity index (χ2v) is 6.59. The van der Waals surface area contributed by atoms with E-state index in [-0.39, 0.29) is 17.9 Å². The SMILES string of the molecule is Cc1cc(F)c(CO)c(-c2ccc3nc(NC(=O)C4CC4F)cn3c2)c1. The van der Waals surface area contributed by atoms with E-state index in [1.807, 2.05) is 6.07 Å². The predicted octanol–water partition coefficient (Wildman–Crippen LogP) is 3.24. The fourth-order valence-electron chi connectivity index (χ4n) is 3.06. The summed E-state index contributed by atoms with van der Waals surface area (Å²) in [5.41, 5.74) is 2.88. The molecule has 2 N–H and O–H groups in total. The van der Waals surface area contributed by atoms with Crippen LogP contribution in [0.3, 0.4) is 0 Å². The van der Waals surface area contributed by atoms with E-state index in [0.717, 1.165) is 5.56 Å². The van der Waals surface area contributed by atoms with Crippen LogP contribution in [-0.2, 0) is 11.4 Å². The van der Waals surface area contributed by atoms with E-state index in [1.54, 1.807) is 35.9 Å². The molecule has 0 aliphatic heterocycles. The van der Waals surface area contributed by atoms with Gasteiger partial charge in [0.25, 0.3) is 0 Å². The van der Waals surface area contributed by atoms with Gasteiger partial charge in [-0.05, 0) is 48.2 Å². The van der Waals surface area contributed by atoms with Crippen molar-refractivity contribution in [3.8, 4) is 11.1 Å². The average Bonchev–Trinajstić information content (AvgIpc) is 3.19. The highest BCUT2D eigenvalue weighted by Gasteiger charge is 2.43. The van der Waals surface area contributed by atoms with Gasteiger partial charge in [-0.2, -0.15) is 0 Å². The fourth-order valence-corrected chi connectivity index (χ4v) is 3.06. The second kappa shape index (κ2) is 6.17. The number of hydrogen-bond donors (Lipinski definition) is 2. The Morgan fingerprint density at radius 1 is 1.38 bits per heavy atom. The minimum atomic E-state index is -1.06. The fraction of sp³-hybridized carbons (Fsp3) is 0.263. The summed E-state index contributed by atoms with van der Waals surface area (Å²) in [6.45, 7) is 1.38. The Bertz CT molecular complexity index is 1020. The van der Waals surface area contributed by atoms with E-state index < -0.39 is 24.5 Å². The molecule has 7 heteroatoms. The molecule has 2 heterocycles. The van der Waals surface area contributed by atoms with Gasteiger partial charge in [0.15, 0.2) is 5.82 Å². The number of rotatable bonds is 4. The van der Waals surface area contributed by atoms with Crippen LogP contribution < -0.4 is 5.32 Å². The number of fused-ring (bicyclic) bond motifs is 1. The number of halogens is 2. The first kappa shape index (κ1) is 16.7. The number of pyridine rings is 1. The number of alkyl halides is 1. The van der Waals surface area contributed by atoms with Gasteiger partial charge < -0.3 is 14.8 Å². The number of nitrogens with zero attached hydrogens (tertiary/aromatic N) is 2. The number of anilines is 1. The molecule has 0 radical (unpaired) electrons. The van der Waals surface area contributed by atoms with Crippen molar-refractivity contribution in [3.63, 3.8) is 0 Å². The van der Waals surface area contributed by atoms with Crippen LogP contribution in [0.5, 0.6) is 0 Å². The number of benzene rings is 1. The summed E-state index contributed by atoms with van der Waals surface area (Å²) in [7, 11) is 0. The monoisotopic (exact) mass is 357 g/mol. The number of imidazole rings is 1. The maximum atomic E-state index is 14.1. The molecule has 5 nitrogen and oxygen atoms in total. The summed E-state index contributed by atoms with van der Waals surface area (Å²) < 4.78 is 28.8. The molecule has 1 fully saturated rings. The largest absolute Gasteiger partial charge is 0.392 e. The highest BCUT2D eigenvalue weighted by atomic mass is 19.1. The third-order valence-electron chi connectivity index (χ3n) is 4.56. The molecule has 1 aliphatic carbocycles. The zero-order valence-corrected chi connectivity index (χ0v) is 14.0. The normalized spacial score (nSPS) is 18.9. The summed E-state index contributed by atoms with van der Waals surface area (Å²) >= 11 is 0. The minimum absolute atomic E-state index is 0.228. The minimum Gasteiger partial charge on any atom is -0.392 e. The van der Waals surface area contributed by atoms with Gasteiger partial charge in [0.2, 0.25) is 5.91 Å². The molecule has 1 aliphatic rings. The molecule has 2 unspecified atom stereocenters. The quantitative estimate of drug-likeness (QED) is 0.753. The highest BCUT2D eigenvalue weighted by Crippen LogP contribution is 2.34. The van der Waals surface area contributed by atoms with Gasteiger partial charge in [-0.15, -0.1) is 0 Å². The molecule has 0 spiro atoms. The Morgan fingerprint density at radius 2 is 2.15 bits per heavy atom. The Labute approximate surface area is 148 Å². The van der Waals surface area contributed by atoms with E-state index in [1.165, 1.54) is 6.07 Å². The number of amides is 1. The Balaban J connectivity index is 1.69. The van der Waals surface area contributed by atoms with Crippen LogP contribution in [0.4, 0.5) is 14.6 Å². The molecule has 26 heavy (non-hydrogen) atoms. The van der Waals surface area contributed by atoms with Crippen LogP contribution in [-0.4, -0.2) is 26.6 Å². The molecule has 3 aromatic rings. The third-order valence-corrected chi connectivity index (χ3v) is 4.56. The van der Waals surface area contributed by atoms with Crippen molar-refractivity contribution in [3.05, 3.63) is 53.6 Å². The van der Waals surface area contributed by atoms with E-state index in [2.05, 4.69) is 10.3 Å². The molecule has 1 aromatic carbocycles. The lowest BCUT2D eigenvalue weighted by atomic mass is 9.98. The molecular weight excluding hydrogens is 340 g/mol. The molecule has 134 valence electrons. The van der Waals surface area contributed by atoms with E-state index in [4.69, 9.17) is 0 Å². The second-order valence-electron chi connectivity index (χ2n) is 6.59. The Kier molecular flexibility index (Phi) is 3.96. The van der Waals surface area contributed by atoms with Gasteiger partial charge in [0.05, 0.1) is 18.7 Å². The van der Waals surface area contributed by atoms with Crippen molar-refractivity contribution in [2.75, 3.05) is 5.32 Å². The van der Waals surface area contributed by atoms with Crippen molar-refractivity contribution in [1.29, 1.82) is 0 Å². The summed E-state index contributed by atoms with van der Waals surface area (Å²) in [6.07, 6.45) is 2.57. The van der Waals surface area contributed by atoms with Gasteiger partial charge in [-0.3, -0.25) is 4.79 Å². The maximum Gasteiger partial charge on any atom is 0.231 e. The van der Waals surface area contributed by atoms with E-state index in [9.17, 15) is 18.7 Å². The first-order valence-corrected chi connectivity index (χ1v) is 8.30. The van der Waals surface area contributed by atoms with Crippen LogP contribution in [0.1, 0.15) is 17.5 Å². The van der Waals surface area contributed by atoms with Gasteiger partial charge in [0.1, 0.15) is 17.6 Å². The summed E-state index contributed by atoms with van der Waals surface area (Å²) in [4.78, 5) is 16.1. The molecule has 1 saturated carbocycles. The van der Waals surface area contributed by atoms with E-state index >= 15 is 0 Å².